The van der Waals surface area contributed by atoms with Gasteiger partial charge in [0.15, 0.2) is 0 Å². The standard InChI is InChI=1S/C8H10O.ClH/c1-6-4-3-5-8(9)7(6)2;/h3-5,9H,1-2H3;1H. The maximum Gasteiger partial charge on any atom is 0.118 e. The van der Waals surface area contributed by atoms with Gasteiger partial charge in [-0.1, -0.05) is 12.1 Å². The fourth-order valence-corrected chi connectivity index (χ4v) is 0.736. The van der Waals surface area contributed by atoms with Gasteiger partial charge in [-0.15, -0.1) is 12.4 Å². The zero-order valence-corrected chi connectivity index (χ0v) is 6.90. The van der Waals surface area contributed by atoms with E-state index < -0.39 is 0 Å². The van der Waals surface area contributed by atoms with E-state index in [0.29, 0.717) is 5.75 Å². The van der Waals surface area contributed by atoms with Crippen LogP contribution in [-0.2, 0) is 0 Å². The van der Waals surface area contributed by atoms with Crippen LogP contribution in [0.4, 0.5) is 0 Å². The number of rotatable bonds is 0. The Balaban J connectivity index is 0.000000810. The third-order valence-electron chi connectivity index (χ3n) is 1.58. The highest BCUT2D eigenvalue weighted by Gasteiger charge is 1.94. The van der Waals surface area contributed by atoms with Crippen LogP contribution < -0.4 is 0 Å². The highest BCUT2D eigenvalue weighted by atomic mass is 35.5. The van der Waals surface area contributed by atoms with Gasteiger partial charge in [0, 0.05) is 0 Å². The first-order valence-electron chi connectivity index (χ1n) is 2.97. The number of halogens is 1. The van der Waals surface area contributed by atoms with Crippen LogP contribution in [0.1, 0.15) is 11.1 Å². The maximum atomic E-state index is 9.10. The number of hydrogen-bond donors (Lipinski definition) is 1. The third kappa shape index (κ3) is 1.64. The first-order chi connectivity index (χ1) is 4.22. The average molecular weight is 159 g/mol. The zero-order chi connectivity index (χ0) is 6.85. The molecule has 0 spiro atoms. The monoisotopic (exact) mass is 158 g/mol. The van der Waals surface area contributed by atoms with Gasteiger partial charge in [-0.2, -0.15) is 0 Å². The summed E-state index contributed by atoms with van der Waals surface area (Å²) in [5.41, 5.74) is 2.10. The van der Waals surface area contributed by atoms with E-state index in [4.69, 9.17) is 5.11 Å². The fourth-order valence-electron chi connectivity index (χ4n) is 0.736. The van der Waals surface area contributed by atoms with Gasteiger partial charge in [-0.25, -0.2) is 0 Å². The number of aryl methyl sites for hydroxylation is 1. The van der Waals surface area contributed by atoms with Gasteiger partial charge in [0.25, 0.3) is 0 Å². The topological polar surface area (TPSA) is 20.2 Å². The molecule has 2 heteroatoms. The van der Waals surface area contributed by atoms with Crippen molar-refractivity contribution in [2.45, 2.75) is 13.8 Å². The molecule has 10 heavy (non-hydrogen) atoms. The van der Waals surface area contributed by atoms with Gasteiger partial charge in [-0.3, -0.25) is 0 Å². The second-order valence-electron chi connectivity index (χ2n) is 2.22. The highest BCUT2D eigenvalue weighted by molar-refractivity contribution is 5.85. The molecule has 1 aromatic carbocycles. The Kier molecular flexibility index (Phi) is 3.23. The van der Waals surface area contributed by atoms with Crippen molar-refractivity contribution >= 4 is 12.4 Å². The predicted molar refractivity (Wildman–Crippen MR) is 44.8 cm³/mol. The normalized spacial score (nSPS) is 8.60. The third-order valence-corrected chi connectivity index (χ3v) is 1.58. The van der Waals surface area contributed by atoms with E-state index in [1.807, 2.05) is 26.0 Å². The van der Waals surface area contributed by atoms with E-state index >= 15 is 0 Å². The molecule has 0 bridgehead atoms. The molecule has 1 nitrogen and oxygen atoms in total. The van der Waals surface area contributed by atoms with E-state index in [-0.39, 0.29) is 12.4 Å². The second kappa shape index (κ2) is 3.47. The van der Waals surface area contributed by atoms with Crippen LogP contribution >= 0.6 is 12.4 Å². The summed E-state index contributed by atoms with van der Waals surface area (Å²) >= 11 is 0. The summed E-state index contributed by atoms with van der Waals surface area (Å²) in [4.78, 5) is 0. The molecule has 1 N–H and O–H groups in total. The fraction of sp³-hybridized carbons (Fsp3) is 0.250. The summed E-state index contributed by atoms with van der Waals surface area (Å²) in [7, 11) is 0. The smallest absolute Gasteiger partial charge is 0.118 e. The van der Waals surface area contributed by atoms with E-state index in [1.54, 1.807) is 6.07 Å². The second-order valence-corrected chi connectivity index (χ2v) is 2.22. The van der Waals surface area contributed by atoms with E-state index in [0.717, 1.165) is 11.1 Å². The number of phenols is 1. The van der Waals surface area contributed by atoms with Crippen molar-refractivity contribution in [2.24, 2.45) is 0 Å². The number of hydrogen-bond acceptors (Lipinski definition) is 1. The van der Waals surface area contributed by atoms with Crippen LogP contribution in [0.5, 0.6) is 5.75 Å². The van der Waals surface area contributed by atoms with Crippen LogP contribution in [0.25, 0.3) is 0 Å². The quantitative estimate of drug-likeness (QED) is 0.615. The van der Waals surface area contributed by atoms with E-state index in [2.05, 4.69) is 0 Å². The first kappa shape index (κ1) is 9.31. The zero-order valence-electron chi connectivity index (χ0n) is 6.09. The van der Waals surface area contributed by atoms with Gasteiger partial charge in [0.05, 0.1) is 0 Å². The molecule has 56 valence electrons. The minimum atomic E-state index is 0. The molecule has 0 aliphatic rings. The summed E-state index contributed by atoms with van der Waals surface area (Å²) < 4.78 is 0. The molecule has 0 heterocycles. The lowest BCUT2D eigenvalue weighted by Crippen LogP contribution is -1.78. The van der Waals surface area contributed by atoms with Gasteiger partial charge >= 0.3 is 0 Å². The highest BCUT2D eigenvalue weighted by Crippen LogP contribution is 2.17. The molecule has 1 rings (SSSR count). The lowest BCUT2D eigenvalue weighted by molar-refractivity contribution is 0.470. The molecule has 0 saturated carbocycles. The van der Waals surface area contributed by atoms with Crippen LogP contribution in [0, 0.1) is 13.8 Å². The van der Waals surface area contributed by atoms with E-state index in [1.165, 1.54) is 0 Å². The molecule has 0 radical (unpaired) electrons. The molecule has 0 amide bonds. The Bertz CT molecular complexity index is 200. The van der Waals surface area contributed by atoms with Crippen molar-refractivity contribution in [2.75, 3.05) is 0 Å². The first-order valence-corrected chi connectivity index (χ1v) is 2.97. The van der Waals surface area contributed by atoms with Crippen LogP contribution in [0.15, 0.2) is 18.2 Å². The lowest BCUT2D eigenvalue weighted by Gasteiger charge is -1.99. The summed E-state index contributed by atoms with van der Waals surface area (Å²) in [5, 5.41) is 9.10. The summed E-state index contributed by atoms with van der Waals surface area (Å²) in [5.74, 6) is 0.384. The molecule has 0 aliphatic carbocycles. The summed E-state index contributed by atoms with van der Waals surface area (Å²) in [6, 6.07) is 5.52. The Labute approximate surface area is 67.1 Å². The van der Waals surface area contributed by atoms with Crippen molar-refractivity contribution < 1.29 is 5.11 Å². The van der Waals surface area contributed by atoms with Gasteiger partial charge in [-0.05, 0) is 31.0 Å². The minimum Gasteiger partial charge on any atom is -0.508 e. The van der Waals surface area contributed by atoms with Crippen molar-refractivity contribution in [1.29, 1.82) is 0 Å². The summed E-state index contributed by atoms with van der Waals surface area (Å²) in [6.07, 6.45) is 0. The SMILES string of the molecule is Cc1cccc(O)c1C.Cl. The van der Waals surface area contributed by atoms with Crippen molar-refractivity contribution in [3.63, 3.8) is 0 Å². The van der Waals surface area contributed by atoms with Crippen LogP contribution in [0.3, 0.4) is 0 Å². The largest absolute Gasteiger partial charge is 0.508 e. The number of aromatic hydroxyl groups is 1. The molecule has 0 unspecified atom stereocenters. The summed E-state index contributed by atoms with van der Waals surface area (Å²) in [6.45, 7) is 3.89. The molecular weight excluding hydrogens is 148 g/mol. The van der Waals surface area contributed by atoms with Crippen LogP contribution in [0.2, 0.25) is 0 Å². The number of benzene rings is 1. The lowest BCUT2D eigenvalue weighted by atomic mass is 10.1. The molecular formula is C8H11ClO. The molecule has 0 aliphatic heterocycles. The van der Waals surface area contributed by atoms with Crippen LogP contribution in [-0.4, -0.2) is 5.11 Å². The molecule has 0 aromatic heterocycles. The van der Waals surface area contributed by atoms with Gasteiger partial charge in [0.2, 0.25) is 0 Å². The molecule has 1 aromatic rings. The Morgan fingerprint density at radius 2 is 1.80 bits per heavy atom. The molecule has 0 atom stereocenters. The van der Waals surface area contributed by atoms with Gasteiger partial charge in [0.1, 0.15) is 5.75 Å². The Morgan fingerprint density at radius 3 is 2.20 bits per heavy atom. The minimum absolute atomic E-state index is 0. The van der Waals surface area contributed by atoms with Gasteiger partial charge < -0.3 is 5.11 Å². The maximum absolute atomic E-state index is 9.10. The van der Waals surface area contributed by atoms with Crippen molar-refractivity contribution in [1.82, 2.24) is 0 Å². The van der Waals surface area contributed by atoms with E-state index in [9.17, 15) is 0 Å². The van der Waals surface area contributed by atoms with Crippen molar-refractivity contribution in [3.8, 4) is 5.75 Å². The average Bonchev–Trinajstić information content (AvgIpc) is 1.83. The predicted octanol–water partition coefficient (Wildman–Crippen LogP) is 2.43. The van der Waals surface area contributed by atoms with Crippen molar-refractivity contribution in [3.05, 3.63) is 29.3 Å². The molecule has 0 fully saturated rings. The molecule has 0 saturated heterocycles. The Morgan fingerprint density at radius 1 is 1.20 bits per heavy atom. The Hall–Kier alpha value is -0.690. The number of phenolic OH excluding ortho intramolecular Hbond substituents is 1.